The molecule has 1 aromatic rings. The summed E-state index contributed by atoms with van der Waals surface area (Å²) in [6, 6.07) is 7.94. The summed E-state index contributed by atoms with van der Waals surface area (Å²) in [5.74, 6) is 3.27. The quantitative estimate of drug-likeness (QED) is 0.776. The summed E-state index contributed by atoms with van der Waals surface area (Å²) in [6.07, 6.45) is 5.11. The molecule has 0 unspecified atom stereocenters. The van der Waals surface area contributed by atoms with E-state index in [1.54, 1.807) is 0 Å². The lowest BCUT2D eigenvalue weighted by molar-refractivity contribution is 0.370. The molecule has 0 amide bonds. The Kier molecular flexibility index (Phi) is 7.53. The Balaban J connectivity index is 0.00000196. The number of benzene rings is 1. The third-order valence-electron chi connectivity index (χ3n) is 1.80. The van der Waals surface area contributed by atoms with Crippen molar-refractivity contribution >= 4 is 12.4 Å². The third-order valence-corrected chi connectivity index (χ3v) is 1.80. The van der Waals surface area contributed by atoms with Gasteiger partial charge in [-0.15, -0.1) is 18.8 Å². The Morgan fingerprint density at radius 1 is 1.47 bits per heavy atom. The summed E-state index contributed by atoms with van der Waals surface area (Å²) in [5, 5.41) is 3.25. The van der Waals surface area contributed by atoms with Crippen molar-refractivity contribution in [3.8, 4) is 18.1 Å². The third kappa shape index (κ3) is 5.31. The van der Waals surface area contributed by atoms with Gasteiger partial charge in [-0.2, -0.15) is 0 Å². The van der Waals surface area contributed by atoms with Crippen LogP contribution in [-0.2, 0) is 6.54 Å². The first-order valence-electron chi connectivity index (χ1n) is 4.72. The Bertz CT molecular complexity index is 320. The molecule has 0 spiro atoms. The minimum atomic E-state index is 0. The number of nitrogens with one attached hydrogen (secondary N) is 1. The molecule has 0 atom stereocenters. The minimum Gasteiger partial charge on any atom is -0.481 e. The van der Waals surface area contributed by atoms with Gasteiger partial charge < -0.3 is 10.1 Å². The van der Waals surface area contributed by atoms with Crippen molar-refractivity contribution in [1.29, 1.82) is 0 Å². The van der Waals surface area contributed by atoms with Gasteiger partial charge in [0.25, 0.3) is 0 Å². The molecule has 0 saturated heterocycles. The molecule has 1 aromatic carbocycles. The molecule has 0 aromatic heterocycles. The van der Waals surface area contributed by atoms with E-state index in [2.05, 4.69) is 24.2 Å². The van der Waals surface area contributed by atoms with Crippen molar-refractivity contribution in [1.82, 2.24) is 5.32 Å². The average Bonchev–Trinajstić information content (AvgIpc) is 2.24. The molecular formula is C12H16ClNO. The first kappa shape index (κ1) is 13.8. The largest absolute Gasteiger partial charge is 0.481 e. The molecule has 0 radical (unpaired) electrons. The van der Waals surface area contributed by atoms with E-state index < -0.39 is 0 Å². The normalized spacial score (nSPS) is 8.80. The van der Waals surface area contributed by atoms with Crippen molar-refractivity contribution in [2.45, 2.75) is 13.5 Å². The molecule has 0 aliphatic heterocycles. The van der Waals surface area contributed by atoms with Crippen LogP contribution in [0.3, 0.4) is 0 Å². The van der Waals surface area contributed by atoms with Crippen LogP contribution in [0.15, 0.2) is 24.3 Å². The number of halogens is 1. The van der Waals surface area contributed by atoms with Gasteiger partial charge in [-0.05, 0) is 24.2 Å². The van der Waals surface area contributed by atoms with Crippen LogP contribution in [0, 0.1) is 12.3 Å². The SMILES string of the molecule is C#CCOc1cccc(CNCC)c1.Cl. The maximum atomic E-state index is 5.31. The Morgan fingerprint density at radius 3 is 2.93 bits per heavy atom. The van der Waals surface area contributed by atoms with Crippen molar-refractivity contribution in [2.24, 2.45) is 0 Å². The fourth-order valence-electron chi connectivity index (χ4n) is 1.14. The minimum absolute atomic E-state index is 0. The second kappa shape index (κ2) is 8.16. The number of hydrogen-bond acceptors (Lipinski definition) is 2. The fourth-order valence-corrected chi connectivity index (χ4v) is 1.14. The van der Waals surface area contributed by atoms with E-state index in [0.717, 1.165) is 18.8 Å². The van der Waals surface area contributed by atoms with Crippen LogP contribution >= 0.6 is 12.4 Å². The van der Waals surface area contributed by atoms with E-state index in [0.29, 0.717) is 6.61 Å². The smallest absolute Gasteiger partial charge is 0.148 e. The molecule has 82 valence electrons. The molecule has 0 saturated carbocycles. The summed E-state index contributed by atoms with van der Waals surface area (Å²) in [6.45, 7) is 4.24. The summed E-state index contributed by atoms with van der Waals surface area (Å²) < 4.78 is 5.31. The van der Waals surface area contributed by atoms with Gasteiger partial charge in [0, 0.05) is 6.54 Å². The summed E-state index contributed by atoms with van der Waals surface area (Å²) in [4.78, 5) is 0. The van der Waals surface area contributed by atoms with E-state index in [1.165, 1.54) is 5.56 Å². The highest BCUT2D eigenvalue weighted by atomic mass is 35.5. The van der Waals surface area contributed by atoms with Crippen LogP contribution in [-0.4, -0.2) is 13.2 Å². The molecule has 0 aliphatic rings. The van der Waals surface area contributed by atoms with E-state index in [1.807, 2.05) is 18.2 Å². The Hall–Kier alpha value is -1.17. The van der Waals surface area contributed by atoms with Crippen LogP contribution in [0.4, 0.5) is 0 Å². The Morgan fingerprint density at radius 2 is 2.27 bits per heavy atom. The maximum Gasteiger partial charge on any atom is 0.148 e. The zero-order chi connectivity index (χ0) is 10.2. The molecule has 0 heterocycles. The van der Waals surface area contributed by atoms with E-state index in [-0.39, 0.29) is 12.4 Å². The number of rotatable bonds is 5. The molecule has 1 N–H and O–H groups in total. The highest BCUT2D eigenvalue weighted by Crippen LogP contribution is 2.12. The highest BCUT2D eigenvalue weighted by molar-refractivity contribution is 5.85. The van der Waals surface area contributed by atoms with Gasteiger partial charge in [-0.25, -0.2) is 0 Å². The molecule has 1 rings (SSSR count). The van der Waals surface area contributed by atoms with Gasteiger partial charge in [0.1, 0.15) is 12.4 Å². The summed E-state index contributed by atoms with van der Waals surface area (Å²) >= 11 is 0. The maximum absolute atomic E-state index is 5.31. The van der Waals surface area contributed by atoms with Gasteiger partial charge in [0.2, 0.25) is 0 Å². The zero-order valence-corrected chi connectivity index (χ0v) is 9.64. The Labute approximate surface area is 97.4 Å². The van der Waals surface area contributed by atoms with Crippen molar-refractivity contribution in [2.75, 3.05) is 13.2 Å². The molecule has 0 aliphatic carbocycles. The fraction of sp³-hybridized carbons (Fsp3) is 0.333. The van der Waals surface area contributed by atoms with Crippen LogP contribution < -0.4 is 10.1 Å². The zero-order valence-electron chi connectivity index (χ0n) is 8.82. The number of terminal acetylenes is 1. The summed E-state index contributed by atoms with van der Waals surface area (Å²) in [7, 11) is 0. The second-order valence-corrected chi connectivity index (χ2v) is 2.92. The highest BCUT2D eigenvalue weighted by Gasteiger charge is 1.95. The molecule has 2 nitrogen and oxygen atoms in total. The van der Waals surface area contributed by atoms with Gasteiger partial charge in [-0.3, -0.25) is 0 Å². The molecule has 15 heavy (non-hydrogen) atoms. The predicted octanol–water partition coefficient (Wildman–Crippen LogP) is 2.23. The van der Waals surface area contributed by atoms with Crippen LogP contribution in [0.2, 0.25) is 0 Å². The topological polar surface area (TPSA) is 21.3 Å². The number of ether oxygens (including phenoxy) is 1. The first-order chi connectivity index (χ1) is 6.86. The lowest BCUT2D eigenvalue weighted by Crippen LogP contribution is -2.11. The average molecular weight is 226 g/mol. The van der Waals surface area contributed by atoms with Gasteiger partial charge in [0.05, 0.1) is 0 Å². The van der Waals surface area contributed by atoms with Crippen LogP contribution in [0.25, 0.3) is 0 Å². The van der Waals surface area contributed by atoms with Gasteiger partial charge in [-0.1, -0.05) is 25.0 Å². The standard InChI is InChI=1S/C12H15NO.ClH/c1-3-8-14-12-7-5-6-11(9-12)10-13-4-2;/h1,5-7,9,13H,4,8,10H2,2H3;1H. The van der Waals surface area contributed by atoms with Crippen LogP contribution in [0.5, 0.6) is 5.75 Å². The monoisotopic (exact) mass is 225 g/mol. The van der Waals surface area contributed by atoms with Crippen molar-refractivity contribution in [3.63, 3.8) is 0 Å². The lowest BCUT2D eigenvalue weighted by atomic mass is 10.2. The van der Waals surface area contributed by atoms with Gasteiger partial charge >= 0.3 is 0 Å². The molecule has 3 heteroatoms. The first-order valence-corrected chi connectivity index (χ1v) is 4.72. The second-order valence-electron chi connectivity index (χ2n) is 2.92. The van der Waals surface area contributed by atoms with E-state index in [4.69, 9.17) is 11.2 Å². The van der Waals surface area contributed by atoms with E-state index in [9.17, 15) is 0 Å². The molecule has 0 bridgehead atoms. The predicted molar refractivity (Wildman–Crippen MR) is 65.4 cm³/mol. The molecular weight excluding hydrogens is 210 g/mol. The van der Waals surface area contributed by atoms with Crippen molar-refractivity contribution < 1.29 is 4.74 Å². The van der Waals surface area contributed by atoms with E-state index >= 15 is 0 Å². The molecule has 0 fully saturated rings. The van der Waals surface area contributed by atoms with Crippen LogP contribution in [0.1, 0.15) is 12.5 Å². The van der Waals surface area contributed by atoms with Crippen molar-refractivity contribution in [3.05, 3.63) is 29.8 Å². The lowest BCUT2D eigenvalue weighted by Gasteiger charge is -2.05. The van der Waals surface area contributed by atoms with Gasteiger partial charge in [0.15, 0.2) is 0 Å². The summed E-state index contributed by atoms with van der Waals surface area (Å²) in [5.41, 5.74) is 1.21. The number of hydrogen-bond donors (Lipinski definition) is 1.